The molecule has 26 heavy (non-hydrogen) atoms. The predicted octanol–water partition coefficient (Wildman–Crippen LogP) is 6.20. The lowest BCUT2D eigenvalue weighted by Crippen LogP contribution is -1.92. The number of hydrogen-bond donors (Lipinski definition) is 2. The van der Waals surface area contributed by atoms with Gasteiger partial charge in [0.15, 0.2) is 0 Å². The summed E-state index contributed by atoms with van der Waals surface area (Å²) in [6.07, 6.45) is 1.73. The number of phenolic OH excluding ortho intramolecular Hbond substituents is 2. The largest absolute Gasteiger partial charge is 0.507 e. The van der Waals surface area contributed by atoms with Crippen LogP contribution in [0.2, 0.25) is 0 Å². The molecule has 2 heteroatoms. The van der Waals surface area contributed by atoms with E-state index >= 15 is 0 Å². The van der Waals surface area contributed by atoms with Gasteiger partial charge in [-0.15, -0.1) is 0 Å². The van der Waals surface area contributed by atoms with Gasteiger partial charge in [0, 0.05) is 21.9 Å². The molecule has 2 N–H and O–H groups in total. The van der Waals surface area contributed by atoms with Crippen LogP contribution in [-0.4, -0.2) is 10.2 Å². The Kier molecular flexibility index (Phi) is 4.04. The number of aromatic hydroxyl groups is 2. The van der Waals surface area contributed by atoms with E-state index in [0.717, 1.165) is 34.4 Å². The molecule has 0 aromatic heterocycles. The number of phenols is 2. The van der Waals surface area contributed by atoms with Crippen LogP contribution in [0.3, 0.4) is 0 Å². The molecule has 4 rings (SSSR count). The molecule has 0 aliphatic carbocycles. The maximum absolute atomic E-state index is 11.0. The predicted molar refractivity (Wildman–Crippen MR) is 109 cm³/mol. The Morgan fingerprint density at radius 1 is 0.577 bits per heavy atom. The van der Waals surface area contributed by atoms with Gasteiger partial charge in [0.2, 0.25) is 0 Å². The van der Waals surface area contributed by atoms with Crippen LogP contribution in [0.15, 0.2) is 60.7 Å². The maximum atomic E-state index is 11.0. The molecule has 0 saturated heterocycles. The molecule has 0 saturated carbocycles. The first kappa shape index (κ1) is 16.5. The summed E-state index contributed by atoms with van der Waals surface area (Å²) >= 11 is 0. The monoisotopic (exact) mass is 342 g/mol. The van der Waals surface area contributed by atoms with E-state index < -0.39 is 0 Å². The van der Waals surface area contributed by atoms with Gasteiger partial charge < -0.3 is 10.2 Å². The summed E-state index contributed by atoms with van der Waals surface area (Å²) in [5.74, 6) is 0.455. The Labute approximate surface area is 153 Å². The van der Waals surface area contributed by atoms with E-state index in [1.54, 1.807) is 0 Å². The van der Waals surface area contributed by atoms with E-state index in [1.807, 2.05) is 60.7 Å². The molecule has 0 atom stereocenters. The quantitative estimate of drug-likeness (QED) is 0.465. The minimum Gasteiger partial charge on any atom is -0.507 e. The van der Waals surface area contributed by atoms with Gasteiger partial charge in [0.05, 0.1) is 0 Å². The molecule has 0 bridgehead atoms. The topological polar surface area (TPSA) is 40.5 Å². The third kappa shape index (κ3) is 2.41. The zero-order valence-electron chi connectivity index (χ0n) is 15.1. The Bertz CT molecular complexity index is 1030. The normalized spacial score (nSPS) is 11.3. The maximum Gasteiger partial charge on any atom is 0.131 e. The van der Waals surface area contributed by atoms with E-state index in [9.17, 15) is 10.2 Å². The molecular formula is C24H22O2. The fourth-order valence-electron chi connectivity index (χ4n) is 3.87. The van der Waals surface area contributed by atoms with Gasteiger partial charge in [0.1, 0.15) is 11.5 Å². The van der Waals surface area contributed by atoms with Crippen molar-refractivity contribution in [2.45, 2.75) is 26.7 Å². The summed E-state index contributed by atoms with van der Waals surface area (Å²) < 4.78 is 0. The second-order valence-corrected chi connectivity index (χ2v) is 6.66. The highest BCUT2D eigenvalue weighted by atomic mass is 16.3. The van der Waals surface area contributed by atoms with Crippen molar-refractivity contribution in [3.05, 3.63) is 71.8 Å². The molecule has 0 aliphatic rings. The molecule has 2 nitrogen and oxygen atoms in total. The highest BCUT2D eigenvalue weighted by Gasteiger charge is 2.18. The summed E-state index contributed by atoms with van der Waals surface area (Å²) in [6, 6.07) is 19.8. The standard InChI is InChI=1S/C24H22O2/c1-3-15-13-21(23(25)19-11-7-5-9-17(15)19)22-14-16(4-2)18-10-6-8-12-20(18)24(22)26/h5-14,25-26H,3-4H2,1-2H3. The SMILES string of the molecule is CCc1cc(-c2cc(CC)c3ccccc3c2O)c(O)c2ccccc12. The van der Waals surface area contributed by atoms with Crippen LogP contribution in [0.25, 0.3) is 32.7 Å². The van der Waals surface area contributed by atoms with Crippen LogP contribution in [0, 0.1) is 0 Å². The molecule has 0 aliphatic heterocycles. The fourth-order valence-corrected chi connectivity index (χ4v) is 3.87. The summed E-state index contributed by atoms with van der Waals surface area (Å²) in [5, 5.41) is 25.7. The van der Waals surface area contributed by atoms with Gasteiger partial charge in [-0.2, -0.15) is 0 Å². The summed E-state index contributed by atoms with van der Waals surface area (Å²) in [7, 11) is 0. The van der Waals surface area contributed by atoms with Gasteiger partial charge in [-0.1, -0.05) is 62.4 Å². The number of rotatable bonds is 3. The minimum absolute atomic E-state index is 0.227. The highest BCUT2D eigenvalue weighted by Crippen LogP contribution is 2.44. The first-order valence-electron chi connectivity index (χ1n) is 9.13. The smallest absolute Gasteiger partial charge is 0.131 e. The first-order valence-corrected chi connectivity index (χ1v) is 9.13. The van der Waals surface area contributed by atoms with Gasteiger partial charge in [-0.05, 0) is 46.9 Å². The average molecular weight is 342 g/mol. The Morgan fingerprint density at radius 3 is 1.27 bits per heavy atom. The zero-order chi connectivity index (χ0) is 18.3. The highest BCUT2D eigenvalue weighted by molar-refractivity contribution is 6.02. The lowest BCUT2D eigenvalue weighted by molar-refractivity contribution is 0.475. The van der Waals surface area contributed by atoms with Crippen molar-refractivity contribution in [2.24, 2.45) is 0 Å². The van der Waals surface area contributed by atoms with E-state index in [2.05, 4.69) is 13.8 Å². The van der Waals surface area contributed by atoms with Crippen molar-refractivity contribution in [1.82, 2.24) is 0 Å². The van der Waals surface area contributed by atoms with Crippen molar-refractivity contribution in [3.63, 3.8) is 0 Å². The second kappa shape index (κ2) is 6.38. The van der Waals surface area contributed by atoms with Crippen LogP contribution < -0.4 is 0 Å². The molecule has 0 spiro atoms. The van der Waals surface area contributed by atoms with E-state index in [-0.39, 0.29) is 11.5 Å². The van der Waals surface area contributed by atoms with Gasteiger partial charge in [0.25, 0.3) is 0 Å². The second-order valence-electron chi connectivity index (χ2n) is 6.66. The van der Waals surface area contributed by atoms with Gasteiger partial charge in [-0.3, -0.25) is 0 Å². The van der Waals surface area contributed by atoms with E-state index in [4.69, 9.17) is 0 Å². The zero-order valence-corrected chi connectivity index (χ0v) is 15.1. The van der Waals surface area contributed by atoms with Crippen LogP contribution in [0.4, 0.5) is 0 Å². The average Bonchev–Trinajstić information content (AvgIpc) is 2.69. The lowest BCUT2D eigenvalue weighted by Gasteiger charge is -2.16. The van der Waals surface area contributed by atoms with Crippen molar-refractivity contribution < 1.29 is 10.2 Å². The number of benzene rings is 4. The Morgan fingerprint density at radius 2 is 0.923 bits per heavy atom. The molecule has 130 valence electrons. The number of fused-ring (bicyclic) bond motifs is 2. The third-order valence-electron chi connectivity index (χ3n) is 5.26. The summed E-state index contributed by atoms with van der Waals surface area (Å²) in [5.41, 5.74) is 3.72. The number of hydrogen-bond acceptors (Lipinski definition) is 2. The molecule has 0 heterocycles. The van der Waals surface area contributed by atoms with Gasteiger partial charge >= 0.3 is 0 Å². The first-order chi connectivity index (χ1) is 12.7. The molecule has 4 aromatic rings. The molecule has 0 fully saturated rings. The van der Waals surface area contributed by atoms with E-state index in [1.165, 1.54) is 11.1 Å². The van der Waals surface area contributed by atoms with Crippen molar-refractivity contribution in [1.29, 1.82) is 0 Å². The van der Waals surface area contributed by atoms with Crippen molar-refractivity contribution >= 4 is 21.5 Å². The van der Waals surface area contributed by atoms with Crippen LogP contribution in [0.1, 0.15) is 25.0 Å². The minimum atomic E-state index is 0.227. The number of aryl methyl sites for hydroxylation is 2. The fraction of sp³-hybridized carbons (Fsp3) is 0.167. The van der Waals surface area contributed by atoms with Crippen LogP contribution >= 0.6 is 0 Å². The molecule has 0 unspecified atom stereocenters. The molecule has 0 radical (unpaired) electrons. The van der Waals surface area contributed by atoms with Crippen LogP contribution in [-0.2, 0) is 12.8 Å². The summed E-state index contributed by atoms with van der Waals surface area (Å²) in [6.45, 7) is 4.22. The van der Waals surface area contributed by atoms with E-state index in [0.29, 0.717) is 11.1 Å². The van der Waals surface area contributed by atoms with Crippen LogP contribution in [0.5, 0.6) is 11.5 Å². The molecular weight excluding hydrogens is 320 g/mol. The Hall–Kier alpha value is -3.00. The molecule has 0 amide bonds. The summed E-state index contributed by atoms with van der Waals surface area (Å²) in [4.78, 5) is 0. The van der Waals surface area contributed by atoms with Gasteiger partial charge in [-0.25, -0.2) is 0 Å². The van der Waals surface area contributed by atoms with Crippen molar-refractivity contribution in [2.75, 3.05) is 0 Å². The third-order valence-corrected chi connectivity index (χ3v) is 5.26. The lowest BCUT2D eigenvalue weighted by atomic mass is 9.90. The Balaban J connectivity index is 2.10. The van der Waals surface area contributed by atoms with Crippen molar-refractivity contribution in [3.8, 4) is 22.6 Å². The molecule has 4 aromatic carbocycles.